The second-order valence-corrected chi connectivity index (χ2v) is 9.40. The molecule has 34 heavy (non-hydrogen) atoms. The molecule has 3 rings (SSSR count). The molecule has 1 saturated heterocycles. The number of benzene rings is 2. The number of sulfonamides is 1. The number of nitro benzene ring substituents is 1. The van der Waals surface area contributed by atoms with Crippen molar-refractivity contribution in [2.45, 2.75) is 11.3 Å². The molecule has 0 aromatic heterocycles. The minimum atomic E-state index is -4.02. The number of carbonyl (C=O) groups is 2. The first-order valence-corrected chi connectivity index (χ1v) is 11.7. The Labute approximate surface area is 195 Å². The van der Waals surface area contributed by atoms with Crippen molar-refractivity contribution in [1.82, 2.24) is 14.5 Å². The van der Waals surface area contributed by atoms with Crippen LogP contribution in [0.4, 0.5) is 10.1 Å². The van der Waals surface area contributed by atoms with Gasteiger partial charge in [0.15, 0.2) is 5.75 Å². The molecule has 0 saturated carbocycles. The van der Waals surface area contributed by atoms with Gasteiger partial charge in [0.25, 0.3) is 0 Å². The number of halogens is 1. The summed E-state index contributed by atoms with van der Waals surface area (Å²) in [5.41, 5.74) is 0.00825. The van der Waals surface area contributed by atoms with E-state index in [1.165, 1.54) is 42.3 Å². The van der Waals surface area contributed by atoms with Crippen molar-refractivity contribution >= 4 is 27.5 Å². The number of hydrogen-bond donors (Lipinski definition) is 1. The van der Waals surface area contributed by atoms with Crippen LogP contribution in [0.15, 0.2) is 47.4 Å². The van der Waals surface area contributed by atoms with Crippen LogP contribution in [0.5, 0.6) is 5.75 Å². The monoisotopic (exact) mass is 494 g/mol. The lowest BCUT2D eigenvalue weighted by molar-refractivity contribution is -0.386. The molecule has 1 fully saturated rings. The summed E-state index contributed by atoms with van der Waals surface area (Å²) in [7, 11) is -2.77. The first kappa shape index (κ1) is 25.1. The molecule has 182 valence electrons. The average molecular weight is 495 g/mol. The van der Waals surface area contributed by atoms with E-state index in [9.17, 15) is 32.5 Å². The molecule has 0 bridgehead atoms. The summed E-state index contributed by atoms with van der Waals surface area (Å²) in [6.45, 7) is -0.103. The highest BCUT2D eigenvalue weighted by Crippen LogP contribution is 2.30. The summed E-state index contributed by atoms with van der Waals surface area (Å²) in [5.74, 6) is -1.34. The fourth-order valence-corrected chi connectivity index (χ4v) is 4.92. The summed E-state index contributed by atoms with van der Waals surface area (Å²) in [6.07, 6.45) is -0.0783. The quantitative estimate of drug-likeness (QED) is 0.425. The number of ether oxygens (including phenoxy) is 1. The van der Waals surface area contributed by atoms with Crippen LogP contribution < -0.4 is 10.1 Å². The predicted octanol–water partition coefficient (Wildman–Crippen LogP) is 0.934. The summed E-state index contributed by atoms with van der Waals surface area (Å²) < 4.78 is 45.1. The van der Waals surface area contributed by atoms with Gasteiger partial charge in [-0.1, -0.05) is 12.1 Å². The van der Waals surface area contributed by atoms with Crippen molar-refractivity contribution in [1.29, 1.82) is 0 Å². The Hall–Kier alpha value is -3.58. The standard InChI is InChI=1S/C21H23FN4O7S/c1-33-19-6-5-17(13-18(19)26(29)30)34(31,32)25-9-7-24(8-10-25)21(28)14-23-20(27)12-15-3-2-4-16(22)11-15/h2-6,11,13H,7-10,12,14H2,1H3,(H,23,27). The van der Waals surface area contributed by atoms with Gasteiger partial charge in [0.2, 0.25) is 21.8 Å². The highest BCUT2D eigenvalue weighted by Gasteiger charge is 2.32. The SMILES string of the molecule is COc1ccc(S(=O)(=O)N2CCN(C(=O)CNC(=O)Cc3cccc(F)c3)CC2)cc1[N+](=O)[O-]. The van der Waals surface area contributed by atoms with Gasteiger partial charge in [-0.15, -0.1) is 0 Å². The topological polar surface area (TPSA) is 139 Å². The summed E-state index contributed by atoms with van der Waals surface area (Å²) >= 11 is 0. The van der Waals surface area contributed by atoms with Crippen molar-refractivity contribution in [3.63, 3.8) is 0 Å². The molecule has 2 amide bonds. The molecule has 1 aliphatic heterocycles. The maximum atomic E-state index is 13.2. The number of amides is 2. The van der Waals surface area contributed by atoms with E-state index in [1.54, 1.807) is 6.07 Å². The Balaban J connectivity index is 1.55. The largest absolute Gasteiger partial charge is 0.490 e. The summed E-state index contributed by atoms with van der Waals surface area (Å²) in [4.78, 5) is 36.1. The maximum absolute atomic E-state index is 13.2. The maximum Gasteiger partial charge on any atom is 0.312 e. The van der Waals surface area contributed by atoms with Crippen molar-refractivity contribution in [2.75, 3.05) is 39.8 Å². The van der Waals surface area contributed by atoms with Gasteiger partial charge in [-0.25, -0.2) is 12.8 Å². The molecule has 1 heterocycles. The van der Waals surface area contributed by atoms with Gasteiger partial charge in [0.05, 0.1) is 29.9 Å². The third-order valence-corrected chi connectivity index (χ3v) is 7.16. The molecular formula is C21H23FN4O7S. The van der Waals surface area contributed by atoms with Gasteiger partial charge in [-0.2, -0.15) is 4.31 Å². The van der Waals surface area contributed by atoms with E-state index >= 15 is 0 Å². The van der Waals surface area contributed by atoms with Crippen molar-refractivity contribution in [3.8, 4) is 5.75 Å². The number of methoxy groups -OCH3 is 1. The number of piperazine rings is 1. The zero-order valence-corrected chi connectivity index (χ0v) is 19.1. The van der Waals surface area contributed by atoms with E-state index in [1.807, 2.05) is 0 Å². The molecule has 1 N–H and O–H groups in total. The minimum absolute atomic E-state index is 0.00879. The van der Waals surface area contributed by atoms with Crippen LogP contribution in [-0.2, 0) is 26.0 Å². The van der Waals surface area contributed by atoms with E-state index in [4.69, 9.17) is 4.74 Å². The van der Waals surface area contributed by atoms with Crippen LogP contribution in [0.2, 0.25) is 0 Å². The normalized spacial score (nSPS) is 14.5. The molecule has 0 aliphatic carbocycles. The second-order valence-electron chi connectivity index (χ2n) is 7.46. The van der Waals surface area contributed by atoms with Gasteiger partial charge in [-0.05, 0) is 29.8 Å². The molecule has 0 radical (unpaired) electrons. The number of nitro groups is 1. The number of carbonyl (C=O) groups excluding carboxylic acids is 2. The third-order valence-electron chi connectivity index (χ3n) is 5.27. The number of nitrogens with one attached hydrogen (secondary N) is 1. The highest BCUT2D eigenvalue weighted by molar-refractivity contribution is 7.89. The van der Waals surface area contributed by atoms with Crippen molar-refractivity contribution in [3.05, 3.63) is 64.0 Å². The fraction of sp³-hybridized carbons (Fsp3) is 0.333. The molecule has 1 aliphatic rings. The van der Waals surface area contributed by atoms with E-state index in [0.717, 1.165) is 10.4 Å². The zero-order valence-electron chi connectivity index (χ0n) is 18.3. The van der Waals surface area contributed by atoms with Crippen LogP contribution in [-0.4, -0.2) is 74.2 Å². The number of hydrogen-bond acceptors (Lipinski definition) is 7. The minimum Gasteiger partial charge on any atom is -0.490 e. The fourth-order valence-electron chi connectivity index (χ4n) is 3.48. The van der Waals surface area contributed by atoms with E-state index < -0.39 is 32.4 Å². The lowest BCUT2D eigenvalue weighted by Gasteiger charge is -2.34. The van der Waals surface area contributed by atoms with Crippen molar-refractivity contribution in [2.24, 2.45) is 0 Å². The zero-order chi connectivity index (χ0) is 24.9. The van der Waals surface area contributed by atoms with E-state index in [0.29, 0.717) is 5.56 Å². The number of rotatable bonds is 8. The third kappa shape index (κ3) is 5.85. The molecule has 0 atom stereocenters. The second kappa shape index (κ2) is 10.6. The smallest absolute Gasteiger partial charge is 0.312 e. The van der Waals surface area contributed by atoms with Gasteiger partial charge in [0, 0.05) is 32.2 Å². The van der Waals surface area contributed by atoms with Crippen LogP contribution in [0.25, 0.3) is 0 Å². The van der Waals surface area contributed by atoms with Gasteiger partial charge < -0.3 is 15.0 Å². The first-order valence-electron chi connectivity index (χ1n) is 10.2. The molecule has 11 nitrogen and oxygen atoms in total. The van der Waals surface area contributed by atoms with Crippen LogP contribution >= 0.6 is 0 Å². The lowest BCUT2D eigenvalue weighted by atomic mass is 10.1. The molecule has 2 aromatic carbocycles. The molecule has 0 unspecified atom stereocenters. The van der Waals surface area contributed by atoms with Crippen molar-refractivity contribution < 1.29 is 32.1 Å². The predicted molar refractivity (Wildman–Crippen MR) is 118 cm³/mol. The first-order chi connectivity index (χ1) is 16.1. The van der Waals surface area contributed by atoms with Gasteiger partial charge in [0.1, 0.15) is 5.82 Å². The Kier molecular flexibility index (Phi) is 7.79. The molecule has 13 heteroatoms. The van der Waals surface area contributed by atoms with Gasteiger partial charge >= 0.3 is 5.69 Å². The Morgan fingerprint density at radius 1 is 1.15 bits per heavy atom. The van der Waals surface area contributed by atoms with Crippen LogP contribution in [0.1, 0.15) is 5.56 Å². The Bertz CT molecular complexity index is 1200. The van der Waals surface area contributed by atoms with Crippen LogP contribution in [0.3, 0.4) is 0 Å². The van der Waals surface area contributed by atoms with E-state index in [-0.39, 0.29) is 55.7 Å². The molecular weight excluding hydrogens is 471 g/mol. The van der Waals surface area contributed by atoms with Crippen LogP contribution in [0, 0.1) is 15.9 Å². The average Bonchev–Trinajstić information content (AvgIpc) is 2.82. The highest BCUT2D eigenvalue weighted by atomic mass is 32.2. The van der Waals surface area contributed by atoms with Gasteiger partial charge in [-0.3, -0.25) is 19.7 Å². The lowest BCUT2D eigenvalue weighted by Crippen LogP contribution is -2.52. The Morgan fingerprint density at radius 2 is 1.85 bits per heavy atom. The summed E-state index contributed by atoms with van der Waals surface area (Å²) in [5, 5.41) is 13.7. The van der Waals surface area contributed by atoms with E-state index in [2.05, 4.69) is 5.32 Å². The molecule has 0 spiro atoms. The number of nitrogens with zero attached hydrogens (tertiary/aromatic N) is 3. The summed E-state index contributed by atoms with van der Waals surface area (Å²) in [6, 6.07) is 8.98. The Morgan fingerprint density at radius 3 is 2.47 bits per heavy atom. The molecule has 2 aromatic rings.